The smallest absolute Gasteiger partial charge is 0.291 e. The van der Waals surface area contributed by atoms with E-state index in [1.165, 1.54) is 23.3 Å². The van der Waals surface area contributed by atoms with Gasteiger partial charge in [0.15, 0.2) is 0 Å². The van der Waals surface area contributed by atoms with E-state index >= 15 is 0 Å². The maximum atomic E-state index is 13.3. The number of carbonyl (C=O) groups is 1. The molecule has 5 nitrogen and oxygen atoms in total. The molecule has 1 atom stereocenters. The number of nitrogens with one attached hydrogen (secondary N) is 1. The van der Waals surface area contributed by atoms with Crippen LogP contribution < -0.4 is 10.2 Å². The second-order valence-electron chi connectivity index (χ2n) is 7.62. The SMILES string of the molecule is O=C(c1ccc(COc2ccc3c(c2)CCC3)cc1)N1NC(=C(F)F)CC1(O)C(F)F. The number of amides is 1. The van der Waals surface area contributed by atoms with Crippen LogP contribution in [0.25, 0.3) is 0 Å². The highest BCUT2D eigenvalue weighted by atomic mass is 19.3. The summed E-state index contributed by atoms with van der Waals surface area (Å²) < 4.78 is 58.1. The zero-order chi connectivity index (χ0) is 22.2. The van der Waals surface area contributed by atoms with Crippen molar-refractivity contribution in [3.05, 3.63) is 76.5 Å². The summed E-state index contributed by atoms with van der Waals surface area (Å²) in [5, 5.41) is 10.3. The van der Waals surface area contributed by atoms with Gasteiger partial charge >= 0.3 is 0 Å². The minimum absolute atomic E-state index is 0.0478. The fraction of sp³-hybridized carbons (Fsp3) is 0.318. The number of hydrogen-bond acceptors (Lipinski definition) is 4. The van der Waals surface area contributed by atoms with Gasteiger partial charge in [-0.3, -0.25) is 10.2 Å². The molecule has 31 heavy (non-hydrogen) atoms. The summed E-state index contributed by atoms with van der Waals surface area (Å²) in [4.78, 5) is 12.6. The van der Waals surface area contributed by atoms with E-state index in [2.05, 4.69) is 6.07 Å². The highest BCUT2D eigenvalue weighted by Crippen LogP contribution is 2.35. The predicted octanol–water partition coefficient (Wildman–Crippen LogP) is 4.17. The Morgan fingerprint density at radius 2 is 1.84 bits per heavy atom. The van der Waals surface area contributed by atoms with E-state index in [-0.39, 0.29) is 17.2 Å². The maximum absolute atomic E-state index is 13.3. The molecule has 1 heterocycles. The lowest BCUT2D eigenvalue weighted by Gasteiger charge is -2.31. The molecule has 4 rings (SSSR count). The highest BCUT2D eigenvalue weighted by Gasteiger charge is 2.53. The third-order valence-electron chi connectivity index (χ3n) is 5.53. The summed E-state index contributed by atoms with van der Waals surface area (Å²) in [6.45, 7) is 0.232. The normalized spacial score (nSPS) is 20.1. The van der Waals surface area contributed by atoms with E-state index in [9.17, 15) is 27.5 Å². The molecule has 0 radical (unpaired) electrons. The van der Waals surface area contributed by atoms with E-state index in [1.54, 1.807) is 12.1 Å². The Hall–Kier alpha value is -3.07. The van der Waals surface area contributed by atoms with Crippen LogP contribution in [0.1, 0.15) is 39.9 Å². The Bertz CT molecular complexity index is 1020. The van der Waals surface area contributed by atoms with E-state index in [1.807, 2.05) is 17.6 Å². The van der Waals surface area contributed by atoms with Gasteiger partial charge in [0, 0.05) is 5.56 Å². The van der Waals surface area contributed by atoms with E-state index < -0.39 is 36.3 Å². The minimum Gasteiger partial charge on any atom is -0.489 e. The average Bonchev–Trinajstić information content (AvgIpc) is 3.37. The van der Waals surface area contributed by atoms with E-state index in [0.29, 0.717) is 0 Å². The second kappa shape index (κ2) is 8.22. The number of rotatable bonds is 5. The van der Waals surface area contributed by atoms with Crippen LogP contribution in [0.3, 0.4) is 0 Å². The van der Waals surface area contributed by atoms with Gasteiger partial charge in [0.05, 0.1) is 6.42 Å². The largest absolute Gasteiger partial charge is 0.489 e. The number of hydrazine groups is 1. The van der Waals surface area contributed by atoms with Crippen molar-refractivity contribution >= 4 is 5.91 Å². The molecular formula is C22H20F4N2O3. The molecule has 1 aliphatic heterocycles. The van der Waals surface area contributed by atoms with Gasteiger partial charge in [-0.2, -0.15) is 8.78 Å². The van der Waals surface area contributed by atoms with Crippen molar-refractivity contribution in [2.75, 3.05) is 0 Å². The molecule has 1 unspecified atom stereocenters. The molecule has 1 fully saturated rings. The second-order valence-corrected chi connectivity index (χ2v) is 7.62. The van der Waals surface area contributed by atoms with Gasteiger partial charge in [-0.05, 0) is 60.2 Å². The molecule has 2 aromatic carbocycles. The predicted molar refractivity (Wildman–Crippen MR) is 103 cm³/mol. The third-order valence-corrected chi connectivity index (χ3v) is 5.53. The highest BCUT2D eigenvalue weighted by molar-refractivity contribution is 5.94. The van der Waals surface area contributed by atoms with Crippen molar-refractivity contribution in [2.24, 2.45) is 0 Å². The molecule has 1 saturated heterocycles. The first-order valence-electron chi connectivity index (χ1n) is 9.77. The molecule has 2 aliphatic rings. The van der Waals surface area contributed by atoms with Crippen molar-refractivity contribution in [3.63, 3.8) is 0 Å². The number of benzene rings is 2. The molecular weight excluding hydrogens is 416 g/mol. The van der Waals surface area contributed by atoms with Gasteiger partial charge in [-0.25, -0.2) is 13.8 Å². The van der Waals surface area contributed by atoms with Crippen LogP contribution in [0.4, 0.5) is 17.6 Å². The molecule has 1 amide bonds. The standard InChI is InChI=1S/C22H20F4N2O3/c23-19(24)18-11-22(30,21(25)26)28(27-18)20(29)15-6-4-13(5-7-15)12-31-17-9-8-14-2-1-3-16(14)10-17/h4-10,21,27,30H,1-3,11-12H2. The zero-order valence-corrected chi connectivity index (χ0v) is 16.4. The quantitative estimate of drug-likeness (QED) is 0.691. The van der Waals surface area contributed by atoms with Crippen LogP contribution in [-0.2, 0) is 19.4 Å². The molecule has 164 valence electrons. The molecule has 1 aliphatic carbocycles. The van der Waals surface area contributed by atoms with Crippen molar-refractivity contribution < 1.29 is 32.2 Å². The third kappa shape index (κ3) is 4.10. The minimum atomic E-state index is -3.44. The summed E-state index contributed by atoms with van der Waals surface area (Å²) in [5.74, 6) is -0.318. The number of aliphatic hydroxyl groups is 1. The van der Waals surface area contributed by atoms with Crippen LogP contribution in [-0.4, -0.2) is 28.2 Å². The van der Waals surface area contributed by atoms with E-state index in [0.717, 1.165) is 30.6 Å². The van der Waals surface area contributed by atoms with Crippen LogP contribution in [0.5, 0.6) is 5.75 Å². The van der Waals surface area contributed by atoms with Crippen LogP contribution in [0, 0.1) is 0 Å². The van der Waals surface area contributed by atoms with Crippen molar-refractivity contribution in [2.45, 2.75) is 44.4 Å². The van der Waals surface area contributed by atoms with Crippen molar-refractivity contribution in [1.82, 2.24) is 10.4 Å². The Kier molecular flexibility index (Phi) is 5.62. The number of ether oxygens (including phenoxy) is 1. The maximum Gasteiger partial charge on any atom is 0.291 e. The fourth-order valence-electron chi connectivity index (χ4n) is 3.80. The summed E-state index contributed by atoms with van der Waals surface area (Å²) in [6.07, 6.45) is -3.56. The number of carbonyl (C=O) groups excluding carboxylic acids is 1. The monoisotopic (exact) mass is 436 g/mol. The molecule has 0 spiro atoms. The number of fused-ring (bicyclic) bond motifs is 1. The zero-order valence-electron chi connectivity index (χ0n) is 16.4. The Morgan fingerprint density at radius 3 is 2.52 bits per heavy atom. The Morgan fingerprint density at radius 1 is 1.13 bits per heavy atom. The van der Waals surface area contributed by atoms with Crippen molar-refractivity contribution in [3.8, 4) is 5.75 Å². The molecule has 2 N–H and O–H groups in total. The first-order valence-corrected chi connectivity index (χ1v) is 9.77. The van der Waals surface area contributed by atoms with Gasteiger partial charge in [-0.1, -0.05) is 18.2 Å². The van der Waals surface area contributed by atoms with Crippen LogP contribution in [0.15, 0.2) is 54.2 Å². The molecule has 0 bridgehead atoms. The molecule has 0 aromatic heterocycles. The van der Waals surface area contributed by atoms with Crippen LogP contribution >= 0.6 is 0 Å². The Balaban J connectivity index is 1.45. The van der Waals surface area contributed by atoms with Gasteiger partial charge in [0.25, 0.3) is 18.4 Å². The Labute approximate surface area is 175 Å². The van der Waals surface area contributed by atoms with Crippen LogP contribution in [0.2, 0.25) is 0 Å². The lowest BCUT2D eigenvalue weighted by Crippen LogP contribution is -2.55. The number of alkyl halides is 2. The van der Waals surface area contributed by atoms with E-state index in [4.69, 9.17) is 4.74 Å². The first kappa shape index (κ1) is 21.2. The van der Waals surface area contributed by atoms with Gasteiger partial charge in [-0.15, -0.1) is 0 Å². The lowest BCUT2D eigenvalue weighted by atomic mass is 10.1. The number of hydrogen-bond donors (Lipinski definition) is 2. The molecule has 0 saturated carbocycles. The number of halogens is 4. The van der Waals surface area contributed by atoms with Gasteiger partial charge < -0.3 is 9.84 Å². The lowest BCUT2D eigenvalue weighted by molar-refractivity contribution is -0.168. The van der Waals surface area contributed by atoms with Gasteiger partial charge in [0.2, 0.25) is 5.72 Å². The molecule has 2 aromatic rings. The molecule has 9 heteroatoms. The number of nitrogens with zero attached hydrogens (tertiary/aromatic N) is 1. The number of aryl methyl sites for hydroxylation is 2. The summed E-state index contributed by atoms with van der Waals surface area (Å²) >= 11 is 0. The summed E-state index contributed by atoms with van der Waals surface area (Å²) in [7, 11) is 0. The summed E-state index contributed by atoms with van der Waals surface area (Å²) in [5.41, 5.74) is 1.21. The first-order chi connectivity index (χ1) is 14.8. The van der Waals surface area contributed by atoms with Gasteiger partial charge in [0.1, 0.15) is 18.1 Å². The van der Waals surface area contributed by atoms with Crippen molar-refractivity contribution in [1.29, 1.82) is 0 Å². The topological polar surface area (TPSA) is 61.8 Å². The summed E-state index contributed by atoms with van der Waals surface area (Å²) in [6, 6.07) is 11.8. The average molecular weight is 436 g/mol. The fourth-order valence-corrected chi connectivity index (χ4v) is 3.80.